The first-order valence-electron chi connectivity index (χ1n) is 19.9. The topological polar surface area (TPSA) is 164 Å². The van der Waals surface area contributed by atoms with E-state index in [4.69, 9.17) is 19.3 Å². The van der Waals surface area contributed by atoms with Crippen LogP contribution < -0.4 is 19.9 Å². The van der Waals surface area contributed by atoms with Gasteiger partial charge in [-0.25, -0.2) is 13.6 Å². The van der Waals surface area contributed by atoms with Crippen LogP contribution >= 0.6 is 0 Å². The highest BCUT2D eigenvalue weighted by atomic mass is 32.2. The van der Waals surface area contributed by atoms with Crippen molar-refractivity contribution in [3.05, 3.63) is 47.0 Å². The number of rotatable bonds is 10. The van der Waals surface area contributed by atoms with Gasteiger partial charge in [0.25, 0.3) is 5.91 Å². The van der Waals surface area contributed by atoms with Gasteiger partial charge < -0.3 is 29.7 Å². The maximum Gasteiger partial charge on any atom is 0.255 e. The monoisotopic (exact) mass is 766 g/mol. The van der Waals surface area contributed by atoms with E-state index in [9.17, 15) is 23.4 Å². The number of nitrogens with one attached hydrogen (secondary N) is 1. The number of ether oxygens (including phenoxy) is 3. The van der Waals surface area contributed by atoms with Gasteiger partial charge in [-0.2, -0.15) is 0 Å². The second kappa shape index (κ2) is 13.3. The highest BCUT2D eigenvalue weighted by Crippen LogP contribution is 2.77. The first-order valence-corrected chi connectivity index (χ1v) is 21.4. The molecule has 12 nitrogen and oxygen atoms in total. The van der Waals surface area contributed by atoms with E-state index in [0.29, 0.717) is 30.1 Å². The van der Waals surface area contributed by atoms with Crippen molar-refractivity contribution in [1.29, 1.82) is 0 Å². The highest BCUT2D eigenvalue weighted by molar-refractivity contribution is 7.89. The molecule has 3 heterocycles. The van der Waals surface area contributed by atoms with Crippen molar-refractivity contribution >= 4 is 15.9 Å². The number of primary sulfonamides is 1. The van der Waals surface area contributed by atoms with Crippen molar-refractivity contribution in [2.75, 3.05) is 46.9 Å². The molecule has 2 aromatic carbocycles. The molecule has 8 aliphatic rings. The highest BCUT2D eigenvalue weighted by Gasteiger charge is 2.81. The maximum absolute atomic E-state index is 12.4. The van der Waals surface area contributed by atoms with Crippen molar-refractivity contribution in [2.45, 2.75) is 118 Å². The van der Waals surface area contributed by atoms with Gasteiger partial charge >= 0.3 is 0 Å². The number of hydrogen-bond donors (Lipinski definition) is 4. The number of nitrogens with zero attached hydrogens (tertiary/aromatic N) is 2. The molecule has 10 rings (SSSR count). The van der Waals surface area contributed by atoms with E-state index in [1.807, 2.05) is 27.0 Å². The van der Waals surface area contributed by atoms with Crippen LogP contribution in [0.5, 0.6) is 17.2 Å². The zero-order valence-corrected chi connectivity index (χ0v) is 33.2. The molecule has 5 aliphatic carbocycles. The quantitative estimate of drug-likeness (QED) is 0.279. The zero-order chi connectivity index (χ0) is 38.4. The Morgan fingerprint density at radius 3 is 2.54 bits per heavy atom. The normalized spacial score (nSPS) is 33.8. The largest absolute Gasteiger partial charge is 0.504 e. The van der Waals surface area contributed by atoms with Gasteiger partial charge in [-0.3, -0.25) is 14.6 Å². The summed E-state index contributed by atoms with van der Waals surface area (Å²) in [7, 11) is -0.633. The number of aliphatic hydroxyl groups is 1. The summed E-state index contributed by atoms with van der Waals surface area (Å²) in [5, 5.41) is 30.2. The first kappa shape index (κ1) is 38.0. The molecule has 4 saturated carbocycles. The molecule has 5 N–H and O–H groups in total. The van der Waals surface area contributed by atoms with Crippen LogP contribution in [-0.4, -0.2) is 111 Å². The Bertz CT molecular complexity index is 1910. The van der Waals surface area contributed by atoms with Crippen LogP contribution in [-0.2, 0) is 26.6 Å². The van der Waals surface area contributed by atoms with Gasteiger partial charge in [0.15, 0.2) is 11.5 Å². The lowest BCUT2D eigenvalue weighted by molar-refractivity contribution is -0.300. The molecule has 2 spiro atoms. The maximum atomic E-state index is 12.4. The third kappa shape index (κ3) is 5.69. The predicted molar refractivity (Wildman–Crippen MR) is 203 cm³/mol. The van der Waals surface area contributed by atoms with E-state index in [1.165, 1.54) is 55.8 Å². The molecule has 1 amide bonds. The number of phenols is 1. The molecular weight excluding hydrogens is 709 g/mol. The summed E-state index contributed by atoms with van der Waals surface area (Å²) >= 11 is 0. The molecule has 1 unspecified atom stereocenters. The van der Waals surface area contributed by atoms with E-state index in [2.05, 4.69) is 28.1 Å². The number of benzene rings is 2. The number of carbonyl (C=O) groups excluding carboxylic acids is 1. The molecule has 2 aromatic rings. The van der Waals surface area contributed by atoms with Crippen LogP contribution in [0.2, 0.25) is 0 Å². The van der Waals surface area contributed by atoms with Gasteiger partial charge in [-0.05, 0) is 127 Å². The van der Waals surface area contributed by atoms with E-state index >= 15 is 0 Å². The second-order valence-electron chi connectivity index (χ2n) is 17.6. The third-order valence-corrected chi connectivity index (χ3v) is 15.6. The smallest absolute Gasteiger partial charge is 0.255 e. The summed E-state index contributed by atoms with van der Waals surface area (Å²) in [5.74, 6) is 1.80. The number of phenolic OH excluding ortho intramolecular Hbond substituents is 1. The number of likely N-dealkylation sites (N-methyl/N-ethyl adjacent to an activating group) is 1. The molecule has 3 aliphatic heterocycles. The van der Waals surface area contributed by atoms with Crippen molar-refractivity contribution in [3.63, 3.8) is 0 Å². The minimum atomic E-state index is -3.87. The number of methoxy groups -OCH3 is 2. The van der Waals surface area contributed by atoms with Crippen molar-refractivity contribution in [2.24, 2.45) is 22.4 Å². The molecule has 54 heavy (non-hydrogen) atoms. The number of aromatic hydroxyl groups is 1. The molecule has 7 atom stereocenters. The van der Waals surface area contributed by atoms with Crippen molar-refractivity contribution in [1.82, 2.24) is 15.1 Å². The van der Waals surface area contributed by atoms with Gasteiger partial charge in [0.2, 0.25) is 10.0 Å². The summed E-state index contributed by atoms with van der Waals surface area (Å²) in [6.07, 6.45) is 9.89. The number of likely N-dealkylation sites (tertiary alicyclic amines) is 2. The van der Waals surface area contributed by atoms with E-state index in [1.54, 1.807) is 0 Å². The minimum Gasteiger partial charge on any atom is -0.504 e. The number of amides is 1. The summed E-state index contributed by atoms with van der Waals surface area (Å²) < 4.78 is 41.2. The molecule has 2 saturated heterocycles. The summed E-state index contributed by atoms with van der Waals surface area (Å²) in [4.78, 5) is 17.4. The standard InChI is InChI=1S/C26H35NO4.C15H23N3O4S/c1-23(2,29)18-13-24-8-9-26(18,30-3)22-25(24)10-11-27(14-15-4-5-15)19(24)12-16-6-7-17(28)21(31-22)20(16)25;1-3-18-8-4-5-11(18)10-17-15(19)13-9-12(23(16,20)21)6-7-14(13)22-2/h6-7,15,18-19,22,28-29H,4-5,8-14H2,1-3H3;6-7,9,11H,3-5,8,10H2,1-2H3,(H,17,19)(H2,16,20,21)/t18-,19-,22-,24-,25+,26+;/m1./s1. The number of sulfonamides is 1. The third-order valence-electron chi connectivity index (χ3n) is 14.7. The Kier molecular flexibility index (Phi) is 9.37. The second-order valence-corrected chi connectivity index (χ2v) is 19.2. The van der Waals surface area contributed by atoms with E-state index < -0.39 is 21.2 Å². The summed E-state index contributed by atoms with van der Waals surface area (Å²) in [6.45, 7) is 10.8. The minimum absolute atomic E-state index is 0.0123. The van der Waals surface area contributed by atoms with Gasteiger partial charge in [-0.1, -0.05) is 13.0 Å². The Morgan fingerprint density at radius 1 is 1.09 bits per heavy atom. The Hall–Kier alpha value is -2.94. The SMILES string of the molecule is CCN1CCCC1CNC(=O)c1cc(S(N)(=O)=O)ccc1OC.CO[C@@]12CC[C@@]3(C[C@@H]1C(C)(C)O)[C@H]1Cc4ccc(O)c5c4[C@@]3(CCN1CC1CC1)[C@H]2O5. The Morgan fingerprint density at radius 2 is 1.87 bits per heavy atom. The summed E-state index contributed by atoms with van der Waals surface area (Å²) in [5.41, 5.74) is 1.40. The zero-order valence-electron chi connectivity index (χ0n) is 32.4. The molecular formula is C41H58N4O8S. The predicted octanol–water partition coefficient (Wildman–Crippen LogP) is 3.94. The number of piperidine rings is 1. The van der Waals surface area contributed by atoms with Gasteiger partial charge in [0.1, 0.15) is 17.5 Å². The van der Waals surface area contributed by atoms with Crippen LogP contribution in [0.3, 0.4) is 0 Å². The van der Waals surface area contributed by atoms with E-state index in [0.717, 1.165) is 70.5 Å². The van der Waals surface area contributed by atoms with Crippen LogP contribution in [0.25, 0.3) is 0 Å². The molecule has 0 aromatic heterocycles. The van der Waals surface area contributed by atoms with Crippen molar-refractivity contribution < 1.29 is 37.6 Å². The molecule has 296 valence electrons. The molecule has 0 radical (unpaired) electrons. The van der Waals surface area contributed by atoms with Crippen LogP contribution in [0.15, 0.2) is 35.2 Å². The Labute approximate surface area is 319 Å². The number of carbonyl (C=O) groups is 1. The number of hydrogen-bond acceptors (Lipinski definition) is 10. The van der Waals surface area contributed by atoms with Crippen LogP contribution in [0.1, 0.15) is 93.6 Å². The fraction of sp³-hybridized carbons (Fsp3) is 0.683. The van der Waals surface area contributed by atoms with Gasteiger partial charge in [0, 0.05) is 54.6 Å². The lowest BCUT2D eigenvalue weighted by atomic mass is 9.34. The lowest BCUT2D eigenvalue weighted by Gasteiger charge is -2.75. The van der Waals surface area contributed by atoms with Gasteiger partial charge in [0.05, 0.1) is 23.2 Å². The summed E-state index contributed by atoms with van der Waals surface area (Å²) in [6, 6.07) is 8.78. The first-order chi connectivity index (χ1) is 25.6. The average Bonchev–Trinajstić information content (AvgIpc) is 3.71. The fourth-order valence-corrected chi connectivity index (χ4v) is 12.7. The molecule has 4 bridgehead atoms. The number of nitrogens with two attached hydrogens (primary N) is 1. The fourth-order valence-electron chi connectivity index (χ4n) is 12.1. The lowest BCUT2D eigenvalue weighted by Crippen LogP contribution is -2.82. The van der Waals surface area contributed by atoms with Crippen LogP contribution in [0, 0.1) is 17.3 Å². The average molecular weight is 767 g/mol. The van der Waals surface area contributed by atoms with Gasteiger partial charge in [-0.15, -0.1) is 0 Å². The van der Waals surface area contributed by atoms with Crippen LogP contribution in [0.4, 0.5) is 0 Å². The van der Waals surface area contributed by atoms with Crippen molar-refractivity contribution in [3.8, 4) is 17.2 Å². The molecule has 6 fully saturated rings. The number of fused-ring (bicyclic) bond motifs is 2. The Balaban J connectivity index is 0.000000162. The van der Waals surface area contributed by atoms with E-state index in [-0.39, 0.29) is 45.0 Å². The molecule has 13 heteroatoms.